The van der Waals surface area contributed by atoms with E-state index in [1.54, 1.807) is 24.3 Å². The number of halogens is 4. The summed E-state index contributed by atoms with van der Waals surface area (Å²) in [6.45, 7) is -0.0810. The summed E-state index contributed by atoms with van der Waals surface area (Å²) in [6, 6.07) is 8.69. The number of nitrogens with zero attached hydrogens (tertiary/aromatic N) is 1. The molecule has 1 N–H and O–H groups in total. The molecular weight excluding hydrogens is 509 g/mol. The summed E-state index contributed by atoms with van der Waals surface area (Å²) in [4.78, 5) is 14.8. The average molecular weight is 531 g/mol. The Balaban J connectivity index is 1.77. The quantitative estimate of drug-likeness (QED) is 0.483. The largest absolute Gasteiger partial charge is 0.497 e. The molecule has 0 amide bonds. The number of aromatic amines is 1. The topological polar surface area (TPSA) is 88.7 Å². The van der Waals surface area contributed by atoms with Gasteiger partial charge in [0.2, 0.25) is 10.0 Å². The molecule has 188 valence electrons. The van der Waals surface area contributed by atoms with Crippen molar-refractivity contribution in [3.8, 4) is 5.75 Å². The molecule has 0 saturated carbocycles. The van der Waals surface area contributed by atoms with Crippen LogP contribution in [0.15, 0.2) is 52.2 Å². The molecule has 1 aliphatic rings. The van der Waals surface area contributed by atoms with Gasteiger partial charge in [0.1, 0.15) is 10.6 Å². The summed E-state index contributed by atoms with van der Waals surface area (Å²) >= 11 is 6.05. The van der Waals surface area contributed by atoms with Crippen LogP contribution in [0.3, 0.4) is 0 Å². The fourth-order valence-corrected chi connectivity index (χ4v) is 5.89. The Morgan fingerprint density at radius 2 is 1.97 bits per heavy atom. The lowest BCUT2D eigenvalue weighted by molar-refractivity contribution is -0.137. The number of alkyl halides is 3. The number of aromatic nitrogens is 1. The van der Waals surface area contributed by atoms with Crippen molar-refractivity contribution in [3.63, 3.8) is 0 Å². The Hall–Kier alpha value is -2.60. The highest BCUT2D eigenvalue weighted by Crippen LogP contribution is 2.35. The molecule has 1 unspecified atom stereocenters. The Morgan fingerprint density at radius 3 is 2.63 bits per heavy atom. The molecule has 1 aliphatic heterocycles. The SMILES string of the molecule is COc1ccc2cc(CN(CC3CCCO3)S(=O)(=O)c3cc(C(F)(F)F)ccc3Cl)c(=O)[nH]c2c1. The first kappa shape index (κ1) is 25.5. The van der Waals surface area contributed by atoms with Crippen LogP contribution >= 0.6 is 11.6 Å². The molecule has 4 rings (SSSR count). The monoisotopic (exact) mass is 530 g/mol. The van der Waals surface area contributed by atoms with Crippen LogP contribution in [0.5, 0.6) is 5.75 Å². The van der Waals surface area contributed by atoms with Gasteiger partial charge in [-0.1, -0.05) is 11.6 Å². The fraction of sp³-hybridized carbons (Fsp3) is 0.348. The third-order valence-corrected chi connectivity index (χ3v) is 8.08. The maximum absolute atomic E-state index is 13.6. The molecule has 0 aliphatic carbocycles. The molecule has 1 fully saturated rings. The normalized spacial score (nSPS) is 16.8. The van der Waals surface area contributed by atoms with Crippen LogP contribution in [0.25, 0.3) is 10.9 Å². The zero-order valence-corrected chi connectivity index (χ0v) is 20.1. The van der Waals surface area contributed by atoms with E-state index in [0.29, 0.717) is 41.8 Å². The summed E-state index contributed by atoms with van der Waals surface area (Å²) in [7, 11) is -3.05. The predicted molar refractivity (Wildman–Crippen MR) is 124 cm³/mol. The van der Waals surface area contributed by atoms with E-state index in [0.717, 1.165) is 16.8 Å². The lowest BCUT2D eigenvalue weighted by Gasteiger charge is -2.25. The van der Waals surface area contributed by atoms with Gasteiger partial charge in [-0.05, 0) is 54.6 Å². The van der Waals surface area contributed by atoms with Crippen molar-refractivity contribution < 1.29 is 31.1 Å². The molecular formula is C23H22ClF3N2O5S. The summed E-state index contributed by atoms with van der Waals surface area (Å²) in [5, 5.41) is 0.279. The van der Waals surface area contributed by atoms with Crippen molar-refractivity contribution in [2.45, 2.75) is 36.6 Å². The molecule has 1 atom stereocenters. The number of nitrogens with one attached hydrogen (secondary N) is 1. The lowest BCUT2D eigenvalue weighted by atomic mass is 10.1. The first-order valence-corrected chi connectivity index (χ1v) is 12.5. The van der Waals surface area contributed by atoms with Crippen molar-refractivity contribution in [2.75, 3.05) is 20.3 Å². The molecule has 3 aromatic rings. The summed E-state index contributed by atoms with van der Waals surface area (Å²) in [6.07, 6.45) is -3.92. The number of fused-ring (bicyclic) bond motifs is 1. The standard InChI is InChI=1S/C23H22ClF3N2O5S/c1-33-17-6-4-14-9-15(22(30)28-20(14)11-17)12-29(13-18-3-2-8-34-18)35(31,32)21-10-16(23(25,26)27)5-7-19(21)24/h4-7,9-11,18H,2-3,8,12-13H2,1H3,(H,28,30). The van der Waals surface area contributed by atoms with Gasteiger partial charge in [-0.15, -0.1) is 0 Å². The van der Waals surface area contributed by atoms with Crippen LogP contribution in [0, 0.1) is 0 Å². The Bertz CT molecular complexity index is 1400. The number of ether oxygens (including phenoxy) is 2. The van der Waals surface area contributed by atoms with Crippen molar-refractivity contribution in [1.29, 1.82) is 0 Å². The highest BCUT2D eigenvalue weighted by molar-refractivity contribution is 7.89. The van der Waals surface area contributed by atoms with E-state index in [1.807, 2.05) is 0 Å². The first-order chi connectivity index (χ1) is 16.5. The highest BCUT2D eigenvalue weighted by atomic mass is 35.5. The Labute approximate surface area is 204 Å². The van der Waals surface area contributed by atoms with Crippen LogP contribution in [0.2, 0.25) is 5.02 Å². The maximum atomic E-state index is 13.6. The van der Waals surface area contributed by atoms with Crippen LogP contribution in [-0.2, 0) is 27.5 Å². The summed E-state index contributed by atoms with van der Waals surface area (Å²) < 4.78 is 78.7. The van der Waals surface area contributed by atoms with Gasteiger partial charge in [-0.25, -0.2) is 8.42 Å². The Morgan fingerprint density at radius 1 is 1.20 bits per heavy atom. The van der Waals surface area contributed by atoms with Crippen molar-refractivity contribution in [3.05, 3.63) is 69.0 Å². The van der Waals surface area contributed by atoms with Crippen LogP contribution in [0.1, 0.15) is 24.0 Å². The third-order valence-electron chi connectivity index (χ3n) is 5.78. The number of sulfonamides is 1. The highest BCUT2D eigenvalue weighted by Gasteiger charge is 2.36. The molecule has 2 aromatic carbocycles. The van der Waals surface area contributed by atoms with Gasteiger partial charge in [-0.3, -0.25) is 4.79 Å². The molecule has 35 heavy (non-hydrogen) atoms. The minimum atomic E-state index is -4.76. The van der Waals surface area contributed by atoms with E-state index < -0.39 is 38.3 Å². The maximum Gasteiger partial charge on any atom is 0.416 e. The van der Waals surface area contributed by atoms with Crippen molar-refractivity contribution in [1.82, 2.24) is 9.29 Å². The molecule has 7 nitrogen and oxygen atoms in total. The minimum Gasteiger partial charge on any atom is -0.497 e. The number of methoxy groups -OCH3 is 1. The average Bonchev–Trinajstić information content (AvgIpc) is 3.31. The molecule has 1 saturated heterocycles. The van der Waals surface area contributed by atoms with E-state index >= 15 is 0 Å². The van der Waals surface area contributed by atoms with E-state index in [1.165, 1.54) is 7.11 Å². The zero-order chi connectivity index (χ0) is 25.4. The molecule has 12 heteroatoms. The van der Waals surface area contributed by atoms with Crippen molar-refractivity contribution >= 4 is 32.5 Å². The van der Waals surface area contributed by atoms with Crippen molar-refractivity contribution in [2.24, 2.45) is 0 Å². The fourth-order valence-electron chi connectivity index (χ4n) is 3.94. The number of pyridine rings is 1. The van der Waals surface area contributed by atoms with Gasteiger partial charge in [0.05, 0.1) is 29.3 Å². The lowest BCUT2D eigenvalue weighted by Crippen LogP contribution is -2.38. The van der Waals surface area contributed by atoms with Gasteiger partial charge in [0.25, 0.3) is 5.56 Å². The van der Waals surface area contributed by atoms with Gasteiger partial charge >= 0.3 is 6.18 Å². The Kier molecular flexibility index (Phi) is 7.14. The molecule has 0 spiro atoms. The third kappa shape index (κ3) is 5.48. The number of rotatable bonds is 7. The van der Waals surface area contributed by atoms with Gasteiger partial charge in [0, 0.05) is 31.3 Å². The number of H-pyrrole nitrogens is 1. The van der Waals surface area contributed by atoms with Gasteiger partial charge in [-0.2, -0.15) is 17.5 Å². The zero-order valence-electron chi connectivity index (χ0n) is 18.6. The first-order valence-electron chi connectivity index (χ1n) is 10.7. The summed E-state index contributed by atoms with van der Waals surface area (Å²) in [5.41, 5.74) is -1.07. The van der Waals surface area contributed by atoms with E-state index in [9.17, 15) is 26.4 Å². The summed E-state index contributed by atoms with van der Waals surface area (Å²) in [5.74, 6) is 0.530. The van der Waals surface area contributed by atoms with Crippen LogP contribution < -0.4 is 10.3 Å². The van der Waals surface area contributed by atoms with E-state index in [-0.39, 0.29) is 23.7 Å². The van der Waals surface area contributed by atoms with E-state index in [2.05, 4.69) is 4.98 Å². The molecule has 1 aromatic heterocycles. The number of hydrogen-bond acceptors (Lipinski definition) is 5. The molecule has 0 bridgehead atoms. The second-order valence-corrected chi connectivity index (χ2v) is 10.5. The predicted octanol–water partition coefficient (Wildman–Crippen LogP) is 4.58. The van der Waals surface area contributed by atoms with Gasteiger partial charge in [0.15, 0.2) is 0 Å². The second kappa shape index (κ2) is 9.81. The smallest absolute Gasteiger partial charge is 0.416 e. The second-order valence-electron chi connectivity index (χ2n) is 8.15. The van der Waals surface area contributed by atoms with E-state index in [4.69, 9.17) is 21.1 Å². The minimum absolute atomic E-state index is 0.118. The number of hydrogen-bond donors (Lipinski definition) is 1. The van der Waals surface area contributed by atoms with Crippen LogP contribution in [-0.4, -0.2) is 44.1 Å². The molecule has 0 radical (unpaired) electrons. The van der Waals surface area contributed by atoms with Crippen LogP contribution in [0.4, 0.5) is 13.2 Å². The van der Waals surface area contributed by atoms with Gasteiger partial charge < -0.3 is 14.5 Å². The molecule has 2 heterocycles. The number of benzene rings is 2.